The maximum atomic E-state index is 10.9. The first-order valence-corrected chi connectivity index (χ1v) is 7.40. The Morgan fingerprint density at radius 3 is 2.25 bits per heavy atom. The van der Waals surface area contributed by atoms with Crippen molar-refractivity contribution < 1.29 is 50.0 Å². The maximum absolute atomic E-state index is 10.9. The molecule has 3 unspecified atom stereocenters. The van der Waals surface area contributed by atoms with E-state index in [9.17, 15) is 30.3 Å². The summed E-state index contributed by atoms with van der Waals surface area (Å²) < 4.78 is 10.3. The summed E-state index contributed by atoms with van der Waals surface area (Å²) in [6, 6.07) is 0. The molecular weight excluding hydrogens is 330 g/mol. The highest BCUT2D eigenvalue weighted by Gasteiger charge is 2.46. The molecule has 142 valence electrons. The number of carbonyl (C=O) groups is 1. The van der Waals surface area contributed by atoms with Gasteiger partial charge in [-0.15, -0.1) is 0 Å². The first kappa shape index (κ1) is 21.2. The van der Waals surface area contributed by atoms with Gasteiger partial charge in [0.05, 0.1) is 13.2 Å². The third-order valence-electron chi connectivity index (χ3n) is 3.65. The van der Waals surface area contributed by atoms with E-state index >= 15 is 0 Å². The third kappa shape index (κ3) is 5.31. The third-order valence-corrected chi connectivity index (χ3v) is 3.65. The van der Waals surface area contributed by atoms with Gasteiger partial charge in [-0.3, -0.25) is 4.79 Å². The Morgan fingerprint density at radius 1 is 1.12 bits per heavy atom. The number of carbonyl (C=O) groups excluding carboxylic acids is 1. The van der Waals surface area contributed by atoms with Gasteiger partial charge in [-0.25, -0.2) is 0 Å². The smallest absolute Gasteiger partial charge is 0.216 e. The largest absolute Gasteiger partial charge is 0.394 e. The molecule has 0 spiro atoms. The molecule has 8 N–H and O–H groups in total. The van der Waals surface area contributed by atoms with E-state index in [1.54, 1.807) is 0 Å². The van der Waals surface area contributed by atoms with Crippen LogP contribution in [-0.4, -0.2) is 110 Å². The summed E-state index contributed by atoms with van der Waals surface area (Å²) in [4.78, 5) is 10.9. The van der Waals surface area contributed by atoms with Gasteiger partial charge < -0.3 is 50.5 Å². The second-order valence-corrected chi connectivity index (χ2v) is 5.55. The van der Waals surface area contributed by atoms with Crippen molar-refractivity contribution in [3.63, 3.8) is 0 Å². The van der Waals surface area contributed by atoms with Gasteiger partial charge in [0, 0.05) is 13.5 Å². The van der Waals surface area contributed by atoms with E-state index in [0.717, 1.165) is 0 Å². The molecule has 0 bridgehead atoms. The van der Waals surface area contributed by atoms with Crippen molar-refractivity contribution in [1.29, 1.82) is 0 Å². The average molecular weight is 355 g/mol. The van der Waals surface area contributed by atoms with E-state index in [0.29, 0.717) is 0 Å². The minimum Gasteiger partial charge on any atom is -0.394 e. The molecule has 1 aliphatic heterocycles. The topological polar surface area (TPSA) is 189 Å². The van der Waals surface area contributed by atoms with Crippen molar-refractivity contribution in [2.45, 2.75) is 55.9 Å². The van der Waals surface area contributed by atoms with Gasteiger partial charge in [-0.2, -0.15) is 0 Å². The SMILES string of the molecule is CC(=O)NC[C@@H](O)[C@H](O[C@@H]1OC(CO)[C@H](O)[C@H](O)C1O)C(O)CO. The predicted molar refractivity (Wildman–Crippen MR) is 76.4 cm³/mol. The molecule has 0 aliphatic carbocycles. The Labute approximate surface area is 138 Å². The standard InChI is InChI=1S/C13H25NO10/c1-5(17)14-2-6(18)12(7(19)3-15)24-13-11(22)10(21)9(20)8(4-16)23-13/h6-13,15-16,18-22H,2-4H2,1H3,(H,14,17)/t6-,7?,8?,9+,10+,11?,12+,13+/m1/s1. The van der Waals surface area contributed by atoms with Gasteiger partial charge in [0.25, 0.3) is 0 Å². The number of hydrogen-bond donors (Lipinski definition) is 8. The van der Waals surface area contributed by atoms with Crippen molar-refractivity contribution in [2.75, 3.05) is 19.8 Å². The quantitative estimate of drug-likeness (QED) is 0.209. The number of rotatable bonds is 8. The van der Waals surface area contributed by atoms with Crippen LogP contribution >= 0.6 is 0 Å². The van der Waals surface area contributed by atoms with Crippen molar-refractivity contribution in [1.82, 2.24) is 5.32 Å². The van der Waals surface area contributed by atoms with Gasteiger partial charge in [-0.1, -0.05) is 0 Å². The van der Waals surface area contributed by atoms with Crippen LogP contribution in [0.15, 0.2) is 0 Å². The first-order chi connectivity index (χ1) is 11.2. The molecule has 1 amide bonds. The molecule has 8 atom stereocenters. The molecule has 0 aromatic rings. The second kappa shape index (κ2) is 9.56. The molecule has 1 aliphatic rings. The lowest BCUT2D eigenvalue weighted by Gasteiger charge is -2.41. The molecule has 0 aromatic heterocycles. The normalized spacial score (nSPS) is 34.4. The minimum atomic E-state index is -1.73. The zero-order valence-corrected chi connectivity index (χ0v) is 13.1. The molecule has 1 saturated heterocycles. The van der Waals surface area contributed by atoms with Gasteiger partial charge in [-0.05, 0) is 0 Å². The summed E-state index contributed by atoms with van der Waals surface area (Å²) in [5, 5.41) is 69.5. The minimum absolute atomic E-state index is 0.311. The molecule has 24 heavy (non-hydrogen) atoms. The van der Waals surface area contributed by atoms with Gasteiger partial charge in [0.15, 0.2) is 6.29 Å². The number of amides is 1. The predicted octanol–water partition coefficient (Wildman–Crippen LogP) is -4.98. The maximum Gasteiger partial charge on any atom is 0.216 e. The summed E-state index contributed by atoms with van der Waals surface area (Å²) in [5.41, 5.74) is 0. The van der Waals surface area contributed by atoms with Crippen molar-refractivity contribution in [3.05, 3.63) is 0 Å². The molecule has 11 nitrogen and oxygen atoms in total. The lowest BCUT2D eigenvalue weighted by atomic mass is 9.99. The summed E-state index contributed by atoms with van der Waals surface area (Å²) in [6.07, 6.45) is -12.4. The van der Waals surface area contributed by atoms with Crippen LogP contribution in [0, 0.1) is 0 Å². The Kier molecular flexibility index (Phi) is 8.42. The summed E-state index contributed by atoms with van der Waals surface area (Å²) in [5.74, 6) is -0.445. The van der Waals surface area contributed by atoms with Gasteiger partial charge in [0.1, 0.15) is 42.7 Å². The molecule has 0 radical (unpaired) electrons. The number of hydrogen-bond acceptors (Lipinski definition) is 10. The van der Waals surface area contributed by atoms with E-state index in [4.69, 9.17) is 19.7 Å². The molecule has 1 heterocycles. The van der Waals surface area contributed by atoms with E-state index in [1.807, 2.05) is 0 Å². The van der Waals surface area contributed by atoms with E-state index in [1.165, 1.54) is 6.92 Å². The zero-order valence-electron chi connectivity index (χ0n) is 13.1. The Balaban J connectivity index is 2.82. The molecule has 0 saturated carbocycles. The van der Waals surface area contributed by atoms with Crippen molar-refractivity contribution in [2.24, 2.45) is 0 Å². The van der Waals surface area contributed by atoms with E-state index in [2.05, 4.69) is 5.32 Å². The molecular formula is C13H25NO10. The molecule has 1 fully saturated rings. The van der Waals surface area contributed by atoms with Crippen LogP contribution in [0.5, 0.6) is 0 Å². The summed E-state index contributed by atoms with van der Waals surface area (Å²) >= 11 is 0. The van der Waals surface area contributed by atoms with Gasteiger partial charge in [0.2, 0.25) is 5.91 Å². The molecule has 1 rings (SSSR count). The fraction of sp³-hybridized carbons (Fsp3) is 0.923. The fourth-order valence-electron chi connectivity index (χ4n) is 2.24. The Hall–Kier alpha value is -0.890. The lowest BCUT2D eigenvalue weighted by Crippen LogP contribution is -2.61. The van der Waals surface area contributed by atoms with E-state index < -0.39 is 68.1 Å². The zero-order chi connectivity index (χ0) is 18.4. The van der Waals surface area contributed by atoms with Crippen LogP contribution in [0.3, 0.4) is 0 Å². The Morgan fingerprint density at radius 2 is 1.75 bits per heavy atom. The highest BCUT2D eigenvalue weighted by atomic mass is 16.7. The molecule has 0 aromatic carbocycles. The van der Waals surface area contributed by atoms with Crippen LogP contribution in [0.1, 0.15) is 6.92 Å². The van der Waals surface area contributed by atoms with E-state index in [-0.39, 0.29) is 6.54 Å². The van der Waals surface area contributed by atoms with Crippen LogP contribution in [-0.2, 0) is 14.3 Å². The first-order valence-electron chi connectivity index (χ1n) is 7.40. The number of ether oxygens (including phenoxy) is 2. The van der Waals surface area contributed by atoms with Crippen molar-refractivity contribution >= 4 is 5.91 Å². The molecule has 11 heteroatoms. The monoisotopic (exact) mass is 355 g/mol. The number of aliphatic hydroxyl groups excluding tert-OH is 7. The number of nitrogens with one attached hydrogen (secondary N) is 1. The van der Waals surface area contributed by atoms with Crippen LogP contribution in [0.2, 0.25) is 0 Å². The Bertz CT molecular complexity index is 395. The lowest BCUT2D eigenvalue weighted by molar-refractivity contribution is -0.324. The van der Waals surface area contributed by atoms with Gasteiger partial charge >= 0.3 is 0 Å². The van der Waals surface area contributed by atoms with Crippen LogP contribution < -0.4 is 5.32 Å². The fourth-order valence-corrected chi connectivity index (χ4v) is 2.24. The van der Waals surface area contributed by atoms with Crippen molar-refractivity contribution in [3.8, 4) is 0 Å². The summed E-state index contributed by atoms with van der Waals surface area (Å²) in [7, 11) is 0. The highest BCUT2D eigenvalue weighted by Crippen LogP contribution is 2.24. The number of aliphatic hydroxyl groups is 7. The average Bonchev–Trinajstić information content (AvgIpc) is 2.56. The van der Waals surface area contributed by atoms with Crippen LogP contribution in [0.4, 0.5) is 0 Å². The second-order valence-electron chi connectivity index (χ2n) is 5.55. The van der Waals surface area contributed by atoms with Crippen LogP contribution in [0.25, 0.3) is 0 Å². The highest BCUT2D eigenvalue weighted by molar-refractivity contribution is 5.72. The summed E-state index contributed by atoms with van der Waals surface area (Å²) in [6.45, 7) is -0.567.